The summed E-state index contributed by atoms with van der Waals surface area (Å²) >= 11 is 0. The van der Waals surface area contributed by atoms with Gasteiger partial charge in [-0.05, 0) is 68.3 Å². The Hall–Kier alpha value is -2.97. The molecule has 3 aromatic rings. The van der Waals surface area contributed by atoms with E-state index in [-0.39, 0.29) is 16.2 Å². The van der Waals surface area contributed by atoms with Crippen molar-refractivity contribution in [3.05, 3.63) is 75.2 Å². The number of aryl methyl sites for hydroxylation is 3. The number of aromatic nitrogens is 2. The van der Waals surface area contributed by atoms with Gasteiger partial charge in [-0.25, -0.2) is 13.1 Å². The van der Waals surface area contributed by atoms with E-state index in [2.05, 4.69) is 10.1 Å². The van der Waals surface area contributed by atoms with Crippen LogP contribution in [0.25, 0.3) is 5.69 Å². The molecule has 0 atom stereocenters. The molecule has 0 saturated heterocycles. The van der Waals surface area contributed by atoms with Crippen LogP contribution in [-0.4, -0.2) is 41.9 Å². The quantitative estimate of drug-likeness (QED) is 0.606. The molecule has 0 aliphatic rings. The summed E-state index contributed by atoms with van der Waals surface area (Å²) in [6.07, 6.45) is 1.48. The molecular weight excluding hydrogens is 390 g/mol. The highest BCUT2D eigenvalue weighted by Gasteiger charge is 2.14. The van der Waals surface area contributed by atoms with Gasteiger partial charge in [0.05, 0.1) is 34.2 Å². The van der Waals surface area contributed by atoms with Crippen molar-refractivity contribution >= 4 is 21.7 Å². The molecule has 152 valence electrons. The molecule has 0 unspecified atom stereocenters. The molecule has 29 heavy (non-hydrogen) atoms. The van der Waals surface area contributed by atoms with E-state index < -0.39 is 16.4 Å². The third-order valence-electron chi connectivity index (χ3n) is 4.76. The molecule has 8 heteroatoms. The van der Waals surface area contributed by atoms with Crippen LogP contribution >= 0.6 is 0 Å². The smallest absolute Gasteiger partial charge is 0.280 e. The first-order chi connectivity index (χ1) is 13.7. The van der Waals surface area contributed by atoms with Crippen LogP contribution in [-0.2, 0) is 9.84 Å². The molecule has 0 bridgehead atoms. The fourth-order valence-electron chi connectivity index (χ4n) is 2.87. The summed E-state index contributed by atoms with van der Waals surface area (Å²) in [5, 5.41) is 11.9. The number of benzene rings is 2. The second-order valence-electron chi connectivity index (χ2n) is 6.85. The fourth-order valence-corrected chi connectivity index (χ4v) is 3.90. The molecule has 3 rings (SSSR count). The van der Waals surface area contributed by atoms with Crippen molar-refractivity contribution in [3.63, 3.8) is 0 Å². The zero-order chi connectivity index (χ0) is 21.2. The van der Waals surface area contributed by atoms with E-state index in [1.165, 1.54) is 23.0 Å². The number of hydrogen-bond donors (Lipinski definition) is 2. The minimum Gasteiger partial charge on any atom is -0.395 e. The maximum Gasteiger partial charge on any atom is 0.280 e. The molecule has 7 nitrogen and oxygen atoms in total. The van der Waals surface area contributed by atoms with Crippen LogP contribution in [0.2, 0.25) is 0 Å². The molecule has 0 saturated carbocycles. The predicted molar refractivity (Wildman–Crippen MR) is 113 cm³/mol. The van der Waals surface area contributed by atoms with E-state index in [0.717, 1.165) is 16.8 Å². The van der Waals surface area contributed by atoms with Crippen molar-refractivity contribution in [3.8, 4) is 5.69 Å². The highest BCUT2D eigenvalue weighted by molar-refractivity contribution is 7.91. The molecule has 0 aliphatic heterocycles. The first-order valence-electron chi connectivity index (χ1n) is 9.10. The summed E-state index contributed by atoms with van der Waals surface area (Å²) in [6, 6.07) is 11.8. The Morgan fingerprint density at radius 2 is 1.76 bits per heavy atom. The van der Waals surface area contributed by atoms with Crippen molar-refractivity contribution in [2.24, 2.45) is 4.99 Å². The van der Waals surface area contributed by atoms with Crippen molar-refractivity contribution in [1.29, 1.82) is 0 Å². The first kappa shape index (κ1) is 20.8. The average molecular weight is 413 g/mol. The van der Waals surface area contributed by atoms with Gasteiger partial charge < -0.3 is 5.11 Å². The van der Waals surface area contributed by atoms with Crippen LogP contribution in [0.5, 0.6) is 0 Å². The summed E-state index contributed by atoms with van der Waals surface area (Å²) in [7, 11) is -3.50. The van der Waals surface area contributed by atoms with Gasteiger partial charge in [-0.1, -0.05) is 6.07 Å². The Morgan fingerprint density at radius 1 is 1.07 bits per heavy atom. The highest BCUT2D eigenvalue weighted by atomic mass is 32.2. The molecular formula is C21H23N3O4S. The highest BCUT2D eigenvalue weighted by Crippen LogP contribution is 2.18. The number of nitrogens with one attached hydrogen (secondary N) is 1. The van der Waals surface area contributed by atoms with Crippen LogP contribution in [0, 0.1) is 20.8 Å². The molecule has 1 aromatic heterocycles. The third-order valence-corrected chi connectivity index (χ3v) is 6.47. The fraction of sp³-hybridized carbons (Fsp3) is 0.238. The van der Waals surface area contributed by atoms with Crippen molar-refractivity contribution in [2.45, 2.75) is 25.7 Å². The summed E-state index contributed by atoms with van der Waals surface area (Å²) in [5.74, 6) is -0.323. The summed E-state index contributed by atoms with van der Waals surface area (Å²) in [5.41, 5.74) is 4.41. The maximum atomic E-state index is 12.8. The van der Waals surface area contributed by atoms with Crippen LogP contribution in [0.4, 0.5) is 5.69 Å². The molecule has 2 aromatic carbocycles. The Bertz CT molecular complexity index is 1220. The summed E-state index contributed by atoms with van der Waals surface area (Å²) < 4.78 is 25.4. The second kappa shape index (κ2) is 8.18. The van der Waals surface area contributed by atoms with Gasteiger partial charge >= 0.3 is 0 Å². The van der Waals surface area contributed by atoms with Gasteiger partial charge in [0.25, 0.3) is 5.56 Å². The van der Waals surface area contributed by atoms with Gasteiger partial charge in [0.1, 0.15) is 0 Å². The number of aliphatic imine (C=N–C) groups is 1. The Labute approximate surface area is 169 Å². The monoisotopic (exact) mass is 413 g/mol. The van der Waals surface area contributed by atoms with Crippen LogP contribution in [0.3, 0.4) is 0 Å². The number of aliphatic hydroxyl groups is 1. The number of nitrogens with zero attached hydrogens (tertiary/aromatic N) is 2. The van der Waals surface area contributed by atoms with E-state index >= 15 is 0 Å². The first-order valence-corrected chi connectivity index (χ1v) is 10.7. The Morgan fingerprint density at radius 3 is 2.38 bits per heavy atom. The lowest BCUT2D eigenvalue weighted by Gasteiger charge is -2.05. The molecule has 2 N–H and O–H groups in total. The van der Waals surface area contributed by atoms with Gasteiger partial charge in [0.15, 0.2) is 9.84 Å². The zero-order valence-corrected chi connectivity index (χ0v) is 17.3. The SMILES string of the molecule is Cc1ccc(-n2[nH]c(C)c(C=Nc3ccc(S(=O)(=O)CCO)cc3)c2=O)cc1C. The zero-order valence-electron chi connectivity index (χ0n) is 16.5. The van der Waals surface area contributed by atoms with Crippen LogP contribution in [0.1, 0.15) is 22.4 Å². The maximum absolute atomic E-state index is 12.8. The molecule has 0 spiro atoms. The van der Waals surface area contributed by atoms with Gasteiger partial charge in [0, 0.05) is 11.9 Å². The number of aromatic amines is 1. The van der Waals surface area contributed by atoms with Gasteiger partial charge in [0.2, 0.25) is 0 Å². The standard InChI is InChI=1S/C21H23N3O4S/c1-14-4-7-18(12-15(14)2)24-21(26)20(16(3)23-24)13-22-17-5-8-19(9-6-17)29(27,28)11-10-25/h4-9,12-13,23,25H,10-11H2,1-3H3. The van der Waals surface area contributed by atoms with Crippen LogP contribution in [0.15, 0.2) is 57.1 Å². The Kier molecular flexibility index (Phi) is 5.86. The van der Waals surface area contributed by atoms with Crippen molar-refractivity contribution < 1.29 is 13.5 Å². The van der Waals surface area contributed by atoms with Crippen molar-refractivity contribution in [2.75, 3.05) is 12.4 Å². The minimum absolute atomic E-state index is 0.125. The molecule has 0 aliphatic carbocycles. The summed E-state index contributed by atoms with van der Waals surface area (Å²) in [6.45, 7) is 5.37. The largest absolute Gasteiger partial charge is 0.395 e. The van der Waals surface area contributed by atoms with Crippen LogP contribution < -0.4 is 5.56 Å². The lowest BCUT2D eigenvalue weighted by Crippen LogP contribution is -2.17. The molecule has 1 heterocycles. The normalized spacial score (nSPS) is 12.0. The minimum atomic E-state index is -3.50. The van der Waals surface area contributed by atoms with E-state index in [0.29, 0.717) is 16.9 Å². The van der Waals surface area contributed by atoms with Gasteiger partial charge in [-0.15, -0.1) is 0 Å². The van der Waals surface area contributed by atoms with Gasteiger partial charge in [-0.2, -0.15) is 0 Å². The number of aliphatic hydroxyl groups excluding tert-OH is 1. The van der Waals surface area contributed by atoms with E-state index in [4.69, 9.17) is 5.11 Å². The predicted octanol–water partition coefficient (Wildman–Crippen LogP) is 2.61. The summed E-state index contributed by atoms with van der Waals surface area (Å²) in [4.78, 5) is 17.2. The lowest BCUT2D eigenvalue weighted by atomic mass is 10.1. The second-order valence-corrected chi connectivity index (χ2v) is 8.96. The number of sulfone groups is 1. The van der Waals surface area contributed by atoms with Gasteiger partial charge in [-0.3, -0.25) is 14.9 Å². The van der Waals surface area contributed by atoms with E-state index in [1.807, 2.05) is 32.0 Å². The average Bonchev–Trinajstić information content (AvgIpc) is 2.96. The number of rotatable bonds is 6. The molecule has 0 radical (unpaired) electrons. The molecule has 0 amide bonds. The Balaban J connectivity index is 1.89. The topological polar surface area (TPSA) is 105 Å². The van der Waals surface area contributed by atoms with E-state index in [9.17, 15) is 13.2 Å². The third kappa shape index (κ3) is 4.38. The molecule has 0 fully saturated rings. The van der Waals surface area contributed by atoms with Crippen molar-refractivity contribution in [1.82, 2.24) is 9.78 Å². The van der Waals surface area contributed by atoms with E-state index in [1.54, 1.807) is 19.1 Å². The number of hydrogen-bond acceptors (Lipinski definition) is 5. The lowest BCUT2D eigenvalue weighted by molar-refractivity contribution is 0.319. The number of H-pyrrole nitrogens is 1.